The number of pyridine rings is 1. The summed E-state index contributed by atoms with van der Waals surface area (Å²) < 4.78 is 44.4. The maximum absolute atomic E-state index is 13.1. The van der Waals surface area contributed by atoms with Crippen LogP contribution in [0.3, 0.4) is 0 Å². The zero-order chi connectivity index (χ0) is 16.0. The Balaban J connectivity index is 3.15. The molecule has 0 aliphatic rings. The van der Waals surface area contributed by atoms with E-state index in [9.17, 15) is 18.0 Å². The van der Waals surface area contributed by atoms with Gasteiger partial charge in [0.05, 0.1) is 12.2 Å². The summed E-state index contributed by atoms with van der Waals surface area (Å²) in [5.74, 6) is -0.843. The molecule has 4 nitrogen and oxygen atoms in total. The number of carbonyl (C=O) groups is 1. The molecule has 1 heterocycles. The molecule has 0 fully saturated rings. The van der Waals surface area contributed by atoms with E-state index in [2.05, 4.69) is 20.9 Å². The topological polar surface area (TPSA) is 42.4 Å². The Bertz CT molecular complexity index is 495. The van der Waals surface area contributed by atoms with E-state index < -0.39 is 17.7 Å². The summed E-state index contributed by atoms with van der Waals surface area (Å²) in [4.78, 5) is 16.7. The van der Waals surface area contributed by atoms with E-state index in [0.717, 1.165) is 6.07 Å². The van der Waals surface area contributed by atoms with Crippen molar-refractivity contribution < 1.29 is 22.7 Å². The number of aromatic nitrogens is 1. The van der Waals surface area contributed by atoms with E-state index in [-0.39, 0.29) is 30.0 Å². The highest BCUT2D eigenvalue weighted by atomic mass is 79.9. The third-order valence-electron chi connectivity index (χ3n) is 2.56. The molecule has 0 aromatic carbocycles. The van der Waals surface area contributed by atoms with Crippen LogP contribution in [0.2, 0.25) is 0 Å². The van der Waals surface area contributed by atoms with Crippen molar-refractivity contribution in [2.75, 3.05) is 24.6 Å². The SMILES string of the molecule is CCCN(CC(=O)OCC)c1ncc(Br)cc1C(F)(F)F. The quantitative estimate of drug-likeness (QED) is 0.718. The molecule has 1 aromatic heterocycles. The number of hydrogen-bond acceptors (Lipinski definition) is 4. The number of hydrogen-bond donors (Lipinski definition) is 0. The smallest absolute Gasteiger partial charge is 0.419 e. The molecule has 0 radical (unpaired) electrons. The number of nitrogens with zero attached hydrogens (tertiary/aromatic N) is 2. The number of esters is 1. The zero-order valence-corrected chi connectivity index (χ0v) is 13.3. The third-order valence-corrected chi connectivity index (χ3v) is 2.99. The molecule has 0 aliphatic heterocycles. The first-order valence-corrected chi connectivity index (χ1v) is 7.22. The Hall–Kier alpha value is -1.31. The number of ether oxygens (including phenoxy) is 1. The summed E-state index contributed by atoms with van der Waals surface area (Å²) in [6.07, 6.45) is -2.69. The molecule has 1 aromatic rings. The van der Waals surface area contributed by atoms with E-state index in [0.29, 0.717) is 6.42 Å². The van der Waals surface area contributed by atoms with Crippen LogP contribution in [0.25, 0.3) is 0 Å². The van der Waals surface area contributed by atoms with Gasteiger partial charge >= 0.3 is 12.1 Å². The molecule has 0 N–H and O–H groups in total. The molecule has 0 saturated heterocycles. The van der Waals surface area contributed by atoms with Crippen LogP contribution in [0, 0.1) is 0 Å². The molecule has 0 amide bonds. The van der Waals surface area contributed by atoms with Crippen molar-refractivity contribution in [3.05, 3.63) is 22.3 Å². The second-order valence-electron chi connectivity index (χ2n) is 4.25. The second kappa shape index (κ2) is 7.63. The Labute approximate surface area is 129 Å². The number of carbonyl (C=O) groups excluding carboxylic acids is 1. The van der Waals surface area contributed by atoms with Crippen molar-refractivity contribution >= 4 is 27.7 Å². The Morgan fingerprint density at radius 1 is 1.43 bits per heavy atom. The van der Waals surface area contributed by atoms with E-state index in [1.165, 1.54) is 11.1 Å². The van der Waals surface area contributed by atoms with E-state index in [1.54, 1.807) is 6.92 Å². The average Bonchev–Trinajstić information content (AvgIpc) is 2.37. The lowest BCUT2D eigenvalue weighted by molar-refractivity contribution is -0.142. The Morgan fingerprint density at radius 2 is 2.10 bits per heavy atom. The van der Waals surface area contributed by atoms with Crippen molar-refractivity contribution in [1.29, 1.82) is 0 Å². The molecule has 0 aliphatic carbocycles. The van der Waals surface area contributed by atoms with E-state index >= 15 is 0 Å². The molecule has 0 bridgehead atoms. The van der Waals surface area contributed by atoms with Crippen molar-refractivity contribution in [3.63, 3.8) is 0 Å². The van der Waals surface area contributed by atoms with Crippen LogP contribution >= 0.6 is 15.9 Å². The number of halogens is 4. The lowest BCUT2D eigenvalue weighted by Gasteiger charge is -2.25. The largest absolute Gasteiger partial charge is 0.465 e. The van der Waals surface area contributed by atoms with Crippen LogP contribution in [0.15, 0.2) is 16.7 Å². The lowest BCUT2D eigenvalue weighted by Crippen LogP contribution is -2.34. The van der Waals surface area contributed by atoms with Crippen molar-refractivity contribution in [1.82, 2.24) is 4.98 Å². The fourth-order valence-electron chi connectivity index (χ4n) is 1.78. The van der Waals surface area contributed by atoms with Gasteiger partial charge in [0.15, 0.2) is 0 Å². The number of anilines is 1. The predicted octanol–water partition coefficient (Wildman–Crippen LogP) is 3.64. The number of rotatable bonds is 6. The van der Waals surface area contributed by atoms with Gasteiger partial charge in [-0.3, -0.25) is 4.79 Å². The molecular formula is C13H16BrF3N2O2. The molecular weight excluding hydrogens is 353 g/mol. The van der Waals surface area contributed by atoms with Gasteiger partial charge in [-0.2, -0.15) is 13.2 Å². The second-order valence-corrected chi connectivity index (χ2v) is 5.16. The van der Waals surface area contributed by atoms with Crippen LogP contribution in [-0.2, 0) is 15.7 Å². The summed E-state index contributed by atoms with van der Waals surface area (Å²) in [6.45, 7) is 3.64. The van der Waals surface area contributed by atoms with Gasteiger partial charge < -0.3 is 9.64 Å². The predicted molar refractivity (Wildman–Crippen MR) is 76.1 cm³/mol. The fraction of sp³-hybridized carbons (Fsp3) is 0.538. The van der Waals surface area contributed by atoms with Crippen molar-refractivity contribution in [2.45, 2.75) is 26.4 Å². The summed E-state index contributed by atoms with van der Waals surface area (Å²) >= 11 is 2.98. The standard InChI is InChI=1S/C13H16BrF3N2O2/c1-3-5-19(8-11(20)21-4-2)12-10(13(15,16)17)6-9(14)7-18-12/h6-7H,3-5,8H2,1-2H3. The van der Waals surface area contributed by atoms with Gasteiger partial charge in [-0.15, -0.1) is 0 Å². The molecule has 21 heavy (non-hydrogen) atoms. The van der Waals surface area contributed by atoms with Crippen LogP contribution in [0.4, 0.5) is 19.0 Å². The fourth-order valence-corrected chi connectivity index (χ4v) is 2.12. The third kappa shape index (κ3) is 5.18. The van der Waals surface area contributed by atoms with Gasteiger partial charge in [-0.05, 0) is 35.3 Å². The minimum absolute atomic E-state index is 0.179. The molecule has 0 atom stereocenters. The normalized spacial score (nSPS) is 11.3. The monoisotopic (exact) mass is 368 g/mol. The zero-order valence-electron chi connectivity index (χ0n) is 11.7. The average molecular weight is 369 g/mol. The highest BCUT2D eigenvalue weighted by Gasteiger charge is 2.36. The summed E-state index contributed by atoms with van der Waals surface area (Å²) in [7, 11) is 0. The van der Waals surface area contributed by atoms with Gasteiger partial charge in [-0.1, -0.05) is 6.92 Å². The minimum Gasteiger partial charge on any atom is -0.465 e. The molecule has 8 heteroatoms. The van der Waals surface area contributed by atoms with Crippen LogP contribution < -0.4 is 4.90 Å². The molecule has 0 saturated carbocycles. The van der Waals surface area contributed by atoms with Crippen LogP contribution in [0.5, 0.6) is 0 Å². The molecule has 0 spiro atoms. The maximum Gasteiger partial charge on any atom is 0.419 e. The Morgan fingerprint density at radius 3 is 2.62 bits per heavy atom. The summed E-state index contributed by atoms with van der Waals surface area (Å²) in [5, 5.41) is 0. The molecule has 118 valence electrons. The minimum atomic E-state index is -4.55. The maximum atomic E-state index is 13.1. The van der Waals surface area contributed by atoms with Gasteiger partial charge in [0.2, 0.25) is 0 Å². The first-order valence-electron chi connectivity index (χ1n) is 6.42. The van der Waals surface area contributed by atoms with Crippen LogP contribution in [-0.4, -0.2) is 30.6 Å². The summed E-state index contributed by atoms with van der Waals surface area (Å²) in [6, 6.07) is 0.955. The Kier molecular flexibility index (Phi) is 6.44. The van der Waals surface area contributed by atoms with E-state index in [4.69, 9.17) is 4.74 Å². The number of alkyl halides is 3. The highest BCUT2D eigenvalue weighted by Crippen LogP contribution is 2.36. The highest BCUT2D eigenvalue weighted by molar-refractivity contribution is 9.10. The molecule has 0 unspecified atom stereocenters. The summed E-state index contributed by atoms with van der Waals surface area (Å²) in [5.41, 5.74) is -0.880. The van der Waals surface area contributed by atoms with Crippen molar-refractivity contribution in [2.24, 2.45) is 0 Å². The van der Waals surface area contributed by atoms with Crippen molar-refractivity contribution in [3.8, 4) is 0 Å². The van der Waals surface area contributed by atoms with E-state index in [1.807, 2.05) is 6.92 Å². The van der Waals surface area contributed by atoms with Gasteiger partial charge in [-0.25, -0.2) is 4.98 Å². The van der Waals surface area contributed by atoms with Gasteiger partial charge in [0.25, 0.3) is 0 Å². The lowest BCUT2D eigenvalue weighted by atomic mass is 10.2. The molecule has 1 rings (SSSR count). The first-order chi connectivity index (χ1) is 9.79. The van der Waals surface area contributed by atoms with Gasteiger partial charge in [0, 0.05) is 17.2 Å². The van der Waals surface area contributed by atoms with Crippen LogP contribution in [0.1, 0.15) is 25.8 Å². The first kappa shape index (κ1) is 17.7. The van der Waals surface area contributed by atoms with Gasteiger partial charge in [0.1, 0.15) is 12.4 Å².